The normalized spacial score (nSPS) is 17.6. The molecule has 0 radical (unpaired) electrons. The number of nitrogens with two attached hydrogens (primary N) is 1. The number of nitrogen functional groups attached to an aromatic ring is 1. The lowest BCUT2D eigenvalue weighted by molar-refractivity contribution is -0.127. The molecular formula is C26H26N10O2. The average Bonchev–Trinajstić information content (AvgIpc) is 3.65. The maximum atomic E-state index is 13.1. The van der Waals surface area contributed by atoms with Crippen LogP contribution in [0, 0.1) is 11.3 Å². The second-order valence-electron chi connectivity index (χ2n) is 9.63. The number of pyridine rings is 1. The first-order valence-corrected chi connectivity index (χ1v) is 12.4. The Morgan fingerprint density at radius 1 is 1.29 bits per heavy atom. The Bertz CT molecular complexity index is 1660. The molecule has 0 saturated carbocycles. The van der Waals surface area contributed by atoms with Crippen LogP contribution >= 0.6 is 0 Å². The van der Waals surface area contributed by atoms with E-state index >= 15 is 0 Å². The van der Waals surface area contributed by atoms with Gasteiger partial charge in [0.05, 0.1) is 23.0 Å². The smallest absolute Gasteiger partial charge is 0.271 e. The molecule has 2 amide bonds. The average molecular weight is 511 g/mol. The van der Waals surface area contributed by atoms with Crippen LogP contribution in [0.15, 0.2) is 43.0 Å². The van der Waals surface area contributed by atoms with Gasteiger partial charge in [0.2, 0.25) is 5.91 Å². The highest BCUT2D eigenvalue weighted by Gasteiger charge is 2.28. The largest absolute Gasteiger partial charge is 0.382 e. The fourth-order valence-corrected chi connectivity index (χ4v) is 5.23. The van der Waals surface area contributed by atoms with Crippen molar-refractivity contribution in [1.82, 2.24) is 34.2 Å². The zero-order valence-corrected chi connectivity index (χ0v) is 20.8. The predicted molar refractivity (Wildman–Crippen MR) is 140 cm³/mol. The van der Waals surface area contributed by atoms with Crippen molar-refractivity contribution in [3.05, 3.63) is 59.9 Å². The van der Waals surface area contributed by atoms with Gasteiger partial charge in [0, 0.05) is 51.5 Å². The third kappa shape index (κ3) is 4.07. The lowest BCUT2D eigenvalue weighted by Gasteiger charge is -2.34. The predicted octanol–water partition coefficient (Wildman–Crippen LogP) is 1.48. The number of hydrogen-bond donors (Lipinski definition) is 2. The van der Waals surface area contributed by atoms with Gasteiger partial charge in [-0.05, 0) is 36.6 Å². The summed E-state index contributed by atoms with van der Waals surface area (Å²) in [6, 6.07) is 7.37. The number of carbonyl (C=O) groups is 2. The van der Waals surface area contributed by atoms with E-state index in [4.69, 9.17) is 11.0 Å². The van der Waals surface area contributed by atoms with Crippen LogP contribution in [0.25, 0.3) is 16.7 Å². The number of aromatic nitrogens is 5. The summed E-state index contributed by atoms with van der Waals surface area (Å²) in [5.41, 5.74) is 11.1. The SMILES string of the molecule is CC(=O)N1CC=C(c2cc(N3CCC[C@@H](NC(=O)c4cn5ccc(C#N)cc5n4)C3)c3c(N)ncnn23)C1. The number of piperidine rings is 1. The highest BCUT2D eigenvalue weighted by molar-refractivity contribution is 5.93. The molecule has 1 saturated heterocycles. The minimum Gasteiger partial charge on any atom is -0.382 e. The van der Waals surface area contributed by atoms with Crippen LogP contribution in [0.2, 0.25) is 0 Å². The van der Waals surface area contributed by atoms with Crippen LogP contribution in [0.4, 0.5) is 11.5 Å². The molecule has 4 aromatic heterocycles. The van der Waals surface area contributed by atoms with E-state index in [0.717, 1.165) is 36.3 Å². The molecule has 0 bridgehead atoms. The van der Waals surface area contributed by atoms with E-state index < -0.39 is 0 Å². The van der Waals surface area contributed by atoms with Crippen molar-refractivity contribution in [1.29, 1.82) is 5.26 Å². The Balaban J connectivity index is 1.25. The number of rotatable bonds is 4. The molecule has 6 rings (SSSR count). The zero-order chi connectivity index (χ0) is 26.4. The van der Waals surface area contributed by atoms with Crippen molar-refractivity contribution in [2.24, 2.45) is 0 Å². The van der Waals surface area contributed by atoms with Crippen molar-refractivity contribution < 1.29 is 9.59 Å². The van der Waals surface area contributed by atoms with Crippen LogP contribution < -0.4 is 16.0 Å². The van der Waals surface area contributed by atoms with E-state index in [1.165, 1.54) is 6.33 Å². The number of anilines is 2. The standard InChI is InChI=1S/C26H26N10O2/c1-16(37)33-8-5-18(12-33)21-10-22(24-25(28)29-15-30-36(21)24)34-6-2-3-19(13-34)31-26(38)20-14-35-7-4-17(11-27)9-23(35)32-20/h4-5,7,9-10,14-15,19H,2-3,6,8,12-13H2,1H3,(H,31,38)(H2,28,29,30)/t19-/m1/s1. The van der Waals surface area contributed by atoms with Crippen LogP contribution in [0.3, 0.4) is 0 Å². The maximum absolute atomic E-state index is 13.1. The molecule has 0 aliphatic carbocycles. The van der Waals surface area contributed by atoms with Crippen molar-refractivity contribution in [2.75, 3.05) is 36.8 Å². The quantitative estimate of drug-likeness (QED) is 0.419. The lowest BCUT2D eigenvalue weighted by atomic mass is 10.0. The summed E-state index contributed by atoms with van der Waals surface area (Å²) in [4.78, 5) is 37.5. The first kappa shape index (κ1) is 23.5. The second kappa shape index (κ2) is 9.19. The van der Waals surface area contributed by atoms with E-state index in [1.54, 1.807) is 45.3 Å². The van der Waals surface area contributed by atoms with Gasteiger partial charge in [0.1, 0.15) is 23.2 Å². The van der Waals surface area contributed by atoms with Gasteiger partial charge >= 0.3 is 0 Å². The lowest BCUT2D eigenvalue weighted by Crippen LogP contribution is -2.48. The molecule has 4 aromatic rings. The Hall–Kier alpha value is -4.92. The minimum atomic E-state index is -0.259. The number of fused-ring (bicyclic) bond motifs is 2. The van der Waals surface area contributed by atoms with Crippen LogP contribution in [0.5, 0.6) is 0 Å². The van der Waals surface area contributed by atoms with E-state index in [2.05, 4.69) is 37.4 Å². The van der Waals surface area contributed by atoms with E-state index in [0.29, 0.717) is 47.9 Å². The van der Waals surface area contributed by atoms with Crippen molar-refractivity contribution in [3.8, 4) is 6.07 Å². The molecule has 2 aliphatic rings. The fourth-order valence-electron chi connectivity index (χ4n) is 5.23. The van der Waals surface area contributed by atoms with Gasteiger partial charge in [-0.3, -0.25) is 9.59 Å². The van der Waals surface area contributed by atoms with Gasteiger partial charge < -0.3 is 25.3 Å². The summed E-state index contributed by atoms with van der Waals surface area (Å²) in [7, 11) is 0. The Morgan fingerprint density at radius 3 is 2.95 bits per heavy atom. The van der Waals surface area contributed by atoms with Crippen molar-refractivity contribution in [2.45, 2.75) is 25.8 Å². The summed E-state index contributed by atoms with van der Waals surface area (Å²) in [5, 5.41) is 16.7. The first-order chi connectivity index (χ1) is 18.4. The highest BCUT2D eigenvalue weighted by Crippen LogP contribution is 2.34. The van der Waals surface area contributed by atoms with Gasteiger partial charge in [0.15, 0.2) is 5.82 Å². The van der Waals surface area contributed by atoms with Crippen LogP contribution in [-0.4, -0.2) is 72.9 Å². The minimum absolute atomic E-state index is 0.0252. The zero-order valence-electron chi connectivity index (χ0n) is 20.8. The molecular weight excluding hydrogens is 484 g/mol. The number of hydrogen-bond acceptors (Lipinski definition) is 8. The molecule has 1 atom stereocenters. The molecule has 12 heteroatoms. The maximum Gasteiger partial charge on any atom is 0.271 e. The summed E-state index contributed by atoms with van der Waals surface area (Å²) in [6.07, 6.45) is 8.57. The molecule has 0 spiro atoms. The molecule has 6 heterocycles. The molecule has 2 aliphatic heterocycles. The molecule has 12 nitrogen and oxygen atoms in total. The molecule has 0 unspecified atom stereocenters. The van der Waals surface area contributed by atoms with E-state index in [1.807, 2.05) is 6.08 Å². The Labute approximate surface area is 218 Å². The molecule has 3 N–H and O–H groups in total. The summed E-state index contributed by atoms with van der Waals surface area (Å²) >= 11 is 0. The molecule has 1 fully saturated rings. The monoisotopic (exact) mass is 510 g/mol. The summed E-state index contributed by atoms with van der Waals surface area (Å²) in [6.45, 7) is 4.02. The number of carbonyl (C=O) groups excluding carboxylic acids is 2. The third-order valence-corrected chi connectivity index (χ3v) is 7.18. The van der Waals surface area contributed by atoms with Gasteiger partial charge in [-0.25, -0.2) is 14.5 Å². The molecule has 0 aromatic carbocycles. The highest BCUT2D eigenvalue weighted by atomic mass is 16.2. The van der Waals surface area contributed by atoms with Crippen molar-refractivity contribution in [3.63, 3.8) is 0 Å². The summed E-state index contributed by atoms with van der Waals surface area (Å²) in [5.74, 6) is 0.137. The van der Waals surface area contributed by atoms with Gasteiger partial charge in [-0.2, -0.15) is 10.4 Å². The van der Waals surface area contributed by atoms with Crippen LogP contribution in [0.1, 0.15) is 41.5 Å². The first-order valence-electron chi connectivity index (χ1n) is 12.4. The Morgan fingerprint density at radius 2 is 2.16 bits per heavy atom. The fraction of sp³-hybridized carbons (Fsp3) is 0.308. The van der Waals surface area contributed by atoms with Gasteiger partial charge in [0.25, 0.3) is 5.91 Å². The number of imidazole rings is 1. The number of nitriles is 1. The summed E-state index contributed by atoms with van der Waals surface area (Å²) < 4.78 is 3.52. The van der Waals surface area contributed by atoms with E-state index in [-0.39, 0.29) is 17.9 Å². The molecule has 192 valence electrons. The van der Waals surface area contributed by atoms with Crippen molar-refractivity contribution >= 4 is 40.1 Å². The topological polar surface area (TPSA) is 150 Å². The van der Waals surface area contributed by atoms with Gasteiger partial charge in [-0.1, -0.05) is 6.08 Å². The number of nitrogens with one attached hydrogen (secondary N) is 1. The van der Waals surface area contributed by atoms with E-state index in [9.17, 15) is 9.59 Å². The van der Waals surface area contributed by atoms with Gasteiger partial charge in [-0.15, -0.1) is 0 Å². The second-order valence-corrected chi connectivity index (χ2v) is 9.63. The Kier molecular flexibility index (Phi) is 5.68. The number of amides is 2. The third-order valence-electron chi connectivity index (χ3n) is 7.18. The molecule has 38 heavy (non-hydrogen) atoms. The number of nitrogens with zero attached hydrogens (tertiary/aromatic N) is 8. The van der Waals surface area contributed by atoms with Crippen LogP contribution in [-0.2, 0) is 4.79 Å².